The van der Waals surface area contributed by atoms with Gasteiger partial charge in [-0.1, -0.05) is 0 Å². The van der Waals surface area contributed by atoms with Crippen molar-refractivity contribution in [3.8, 4) is 0 Å². The maximum absolute atomic E-state index is 11.9. The summed E-state index contributed by atoms with van der Waals surface area (Å²) in [5.41, 5.74) is 0. The highest BCUT2D eigenvalue weighted by molar-refractivity contribution is 7.89. The molecule has 1 fully saturated rings. The quantitative estimate of drug-likeness (QED) is 0.655. The molecule has 0 radical (unpaired) electrons. The molecule has 1 N–H and O–H groups in total. The Morgan fingerprint density at radius 2 is 1.89 bits per heavy atom. The van der Waals surface area contributed by atoms with Gasteiger partial charge in [0.1, 0.15) is 0 Å². The van der Waals surface area contributed by atoms with E-state index in [4.69, 9.17) is 11.6 Å². The summed E-state index contributed by atoms with van der Waals surface area (Å²) in [7, 11) is -3.19. The first-order chi connectivity index (χ1) is 8.99. The van der Waals surface area contributed by atoms with Crippen LogP contribution in [0.1, 0.15) is 13.3 Å². The van der Waals surface area contributed by atoms with E-state index >= 15 is 0 Å². The van der Waals surface area contributed by atoms with Gasteiger partial charge in [0, 0.05) is 38.6 Å². The van der Waals surface area contributed by atoms with Gasteiger partial charge in [-0.25, -0.2) is 8.42 Å². The summed E-state index contributed by atoms with van der Waals surface area (Å²) >= 11 is 5.52. The van der Waals surface area contributed by atoms with Crippen molar-refractivity contribution in [1.29, 1.82) is 0 Å². The molecule has 8 heteroatoms. The SMILES string of the molecule is CCNC(=O)CN1CCN(S(=O)(=O)CCCCl)CC1. The third-order valence-electron chi connectivity index (χ3n) is 3.00. The predicted octanol–water partition coefficient (Wildman–Crippen LogP) is -0.301. The van der Waals surface area contributed by atoms with Crippen LogP contribution < -0.4 is 5.32 Å². The molecule has 0 aromatic rings. The maximum atomic E-state index is 11.9. The zero-order chi connectivity index (χ0) is 14.3. The third-order valence-corrected chi connectivity index (χ3v) is 5.23. The van der Waals surface area contributed by atoms with E-state index in [0.717, 1.165) is 0 Å². The van der Waals surface area contributed by atoms with Crippen molar-refractivity contribution in [3.05, 3.63) is 0 Å². The Hall–Kier alpha value is -0.370. The number of nitrogens with zero attached hydrogens (tertiary/aromatic N) is 2. The van der Waals surface area contributed by atoms with Crippen LogP contribution in [-0.2, 0) is 14.8 Å². The third kappa shape index (κ3) is 5.64. The van der Waals surface area contributed by atoms with Gasteiger partial charge < -0.3 is 5.32 Å². The Kier molecular flexibility index (Phi) is 7.06. The van der Waals surface area contributed by atoms with Crippen LogP contribution in [0.25, 0.3) is 0 Å². The highest BCUT2D eigenvalue weighted by atomic mass is 35.5. The van der Waals surface area contributed by atoms with Crippen LogP contribution in [0.15, 0.2) is 0 Å². The van der Waals surface area contributed by atoms with Crippen molar-refractivity contribution in [2.24, 2.45) is 0 Å². The Bertz CT molecular complexity index is 381. The van der Waals surface area contributed by atoms with Crippen molar-refractivity contribution in [2.45, 2.75) is 13.3 Å². The van der Waals surface area contributed by atoms with Crippen molar-refractivity contribution < 1.29 is 13.2 Å². The van der Waals surface area contributed by atoms with Gasteiger partial charge in [-0.15, -0.1) is 11.6 Å². The number of sulfonamides is 1. The monoisotopic (exact) mass is 311 g/mol. The van der Waals surface area contributed by atoms with Crippen molar-refractivity contribution in [3.63, 3.8) is 0 Å². The van der Waals surface area contributed by atoms with Gasteiger partial charge in [-0.2, -0.15) is 4.31 Å². The number of hydrogen-bond acceptors (Lipinski definition) is 4. The second-order valence-electron chi connectivity index (χ2n) is 4.49. The predicted molar refractivity (Wildman–Crippen MR) is 75.8 cm³/mol. The molecule has 0 atom stereocenters. The number of carbonyl (C=O) groups is 1. The Morgan fingerprint density at radius 1 is 1.26 bits per heavy atom. The summed E-state index contributed by atoms with van der Waals surface area (Å²) in [5.74, 6) is 0.449. The van der Waals surface area contributed by atoms with Gasteiger partial charge in [0.15, 0.2) is 0 Å². The van der Waals surface area contributed by atoms with Gasteiger partial charge in [0.25, 0.3) is 0 Å². The topological polar surface area (TPSA) is 69.7 Å². The van der Waals surface area contributed by atoms with E-state index in [1.54, 1.807) is 0 Å². The van der Waals surface area contributed by atoms with Gasteiger partial charge in [0.2, 0.25) is 15.9 Å². The fourth-order valence-electron chi connectivity index (χ4n) is 1.99. The normalized spacial score (nSPS) is 18.4. The minimum atomic E-state index is -3.19. The lowest BCUT2D eigenvalue weighted by Gasteiger charge is -2.33. The molecule has 0 spiro atoms. The number of alkyl halides is 1. The number of halogens is 1. The van der Waals surface area contributed by atoms with Crippen LogP contribution in [0.5, 0.6) is 0 Å². The number of hydrogen-bond donors (Lipinski definition) is 1. The van der Waals surface area contributed by atoms with Crippen LogP contribution in [0.2, 0.25) is 0 Å². The van der Waals surface area contributed by atoms with E-state index in [1.807, 2.05) is 11.8 Å². The van der Waals surface area contributed by atoms with E-state index in [9.17, 15) is 13.2 Å². The summed E-state index contributed by atoms with van der Waals surface area (Å²) in [6.45, 7) is 4.91. The summed E-state index contributed by atoms with van der Waals surface area (Å²) in [6.07, 6.45) is 0.475. The van der Waals surface area contributed by atoms with E-state index in [-0.39, 0.29) is 11.7 Å². The highest BCUT2D eigenvalue weighted by Crippen LogP contribution is 2.09. The molecule has 0 aliphatic carbocycles. The summed E-state index contributed by atoms with van der Waals surface area (Å²) in [5, 5.41) is 2.74. The second-order valence-corrected chi connectivity index (χ2v) is 6.95. The summed E-state index contributed by atoms with van der Waals surface area (Å²) in [6, 6.07) is 0. The van der Waals surface area contributed by atoms with Crippen LogP contribution in [0, 0.1) is 0 Å². The number of carbonyl (C=O) groups excluding carboxylic acids is 1. The molecule has 19 heavy (non-hydrogen) atoms. The van der Waals surface area contributed by atoms with E-state index in [2.05, 4.69) is 5.32 Å². The average Bonchev–Trinajstić information content (AvgIpc) is 2.37. The summed E-state index contributed by atoms with van der Waals surface area (Å²) < 4.78 is 25.4. The van der Waals surface area contributed by atoms with Crippen LogP contribution >= 0.6 is 11.6 Å². The molecule has 1 rings (SSSR count). The molecule has 1 heterocycles. The first-order valence-electron chi connectivity index (χ1n) is 6.52. The van der Waals surface area contributed by atoms with Gasteiger partial charge in [-0.05, 0) is 13.3 Å². The highest BCUT2D eigenvalue weighted by Gasteiger charge is 2.26. The zero-order valence-electron chi connectivity index (χ0n) is 11.3. The minimum Gasteiger partial charge on any atom is -0.355 e. The van der Waals surface area contributed by atoms with Crippen molar-refractivity contribution in [2.75, 3.05) is 50.9 Å². The van der Waals surface area contributed by atoms with Crippen molar-refractivity contribution >= 4 is 27.5 Å². The molecular weight excluding hydrogens is 290 g/mol. The van der Waals surface area contributed by atoms with Crippen LogP contribution in [-0.4, -0.2) is 74.4 Å². The van der Waals surface area contributed by atoms with Crippen molar-refractivity contribution in [1.82, 2.24) is 14.5 Å². The number of piperazine rings is 1. The molecule has 0 saturated carbocycles. The Labute approximate surface area is 120 Å². The molecule has 0 aromatic carbocycles. The van der Waals surface area contributed by atoms with Gasteiger partial charge >= 0.3 is 0 Å². The fourth-order valence-corrected chi connectivity index (χ4v) is 3.77. The average molecular weight is 312 g/mol. The molecule has 1 amide bonds. The zero-order valence-corrected chi connectivity index (χ0v) is 12.8. The standard InChI is InChI=1S/C11H22ClN3O3S/c1-2-13-11(16)10-14-5-7-15(8-6-14)19(17,18)9-3-4-12/h2-10H2,1H3,(H,13,16). The smallest absolute Gasteiger partial charge is 0.234 e. The Morgan fingerprint density at radius 3 is 2.42 bits per heavy atom. The first kappa shape index (κ1) is 16.7. The molecular formula is C11H22ClN3O3S. The number of amides is 1. The summed E-state index contributed by atoms with van der Waals surface area (Å²) in [4.78, 5) is 13.4. The molecule has 1 aliphatic heterocycles. The number of nitrogens with one attached hydrogen (secondary N) is 1. The van der Waals surface area contributed by atoms with Crippen LogP contribution in [0.3, 0.4) is 0 Å². The fraction of sp³-hybridized carbons (Fsp3) is 0.909. The van der Waals surface area contributed by atoms with Gasteiger partial charge in [-0.3, -0.25) is 9.69 Å². The van der Waals surface area contributed by atoms with Gasteiger partial charge in [0.05, 0.1) is 12.3 Å². The van der Waals surface area contributed by atoms with Crippen LogP contribution in [0.4, 0.5) is 0 Å². The lowest BCUT2D eigenvalue weighted by Crippen LogP contribution is -2.51. The van der Waals surface area contributed by atoms with E-state index < -0.39 is 10.0 Å². The van der Waals surface area contributed by atoms with E-state index in [0.29, 0.717) is 51.6 Å². The number of rotatable bonds is 7. The number of likely N-dealkylation sites (N-methyl/N-ethyl adjacent to an activating group) is 1. The largest absolute Gasteiger partial charge is 0.355 e. The molecule has 0 unspecified atom stereocenters. The molecule has 1 saturated heterocycles. The maximum Gasteiger partial charge on any atom is 0.234 e. The molecule has 0 aromatic heterocycles. The second kappa shape index (κ2) is 8.04. The van der Waals surface area contributed by atoms with E-state index in [1.165, 1.54) is 4.31 Å². The lowest BCUT2D eigenvalue weighted by atomic mass is 10.3. The Balaban J connectivity index is 2.38. The first-order valence-corrected chi connectivity index (χ1v) is 8.67. The lowest BCUT2D eigenvalue weighted by molar-refractivity contribution is -0.122. The molecule has 0 bridgehead atoms. The molecule has 112 valence electrons. The molecule has 6 nitrogen and oxygen atoms in total. The minimum absolute atomic E-state index is 0.0130. The molecule has 1 aliphatic rings.